The molecule has 0 radical (unpaired) electrons. The number of nitrogens with zero attached hydrogens (tertiary/aromatic N) is 3. The molecule has 0 aliphatic rings. The maximum Gasteiger partial charge on any atom is 0.341 e. The Bertz CT molecular complexity index is 794. The molecule has 1 aromatic carbocycles. The highest BCUT2D eigenvalue weighted by molar-refractivity contribution is 5.96. The molecule has 0 fully saturated rings. The Morgan fingerprint density at radius 2 is 1.86 bits per heavy atom. The van der Waals surface area contributed by atoms with Crippen LogP contribution in [-0.4, -0.2) is 34.8 Å². The van der Waals surface area contributed by atoms with Gasteiger partial charge in [0.25, 0.3) is 0 Å². The number of pyridine rings is 1. The molecule has 0 bridgehead atoms. The first-order chi connectivity index (χ1) is 10.2. The van der Waals surface area contributed by atoms with Crippen molar-refractivity contribution in [3.63, 3.8) is 0 Å². The van der Waals surface area contributed by atoms with Gasteiger partial charge in [0.15, 0.2) is 5.65 Å². The molecule has 0 spiro atoms. The summed E-state index contributed by atoms with van der Waals surface area (Å²) in [7, 11) is 2.96. The fourth-order valence-electron chi connectivity index (χ4n) is 2.16. The molecule has 0 unspecified atom stereocenters. The van der Waals surface area contributed by atoms with Gasteiger partial charge in [-0.1, -0.05) is 0 Å². The molecule has 0 N–H and O–H groups in total. The van der Waals surface area contributed by atoms with E-state index in [1.54, 1.807) is 17.7 Å². The maximum atomic E-state index is 11.7. The molecular weight excluding hydrogens is 270 g/mol. The second-order valence-corrected chi connectivity index (χ2v) is 4.35. The number of hydrogen-bond acceptors (Lipinski definition) is 5. The summed E-state index contributed by atoms with van der Waals surface area (Å²) >= 11 is 0. The summed E-state index contributed by atoms with van der Waals surface area (Å²) in [5, 5.41) is 4.18. The smallest absolute Gasteiger partial charge is 0.341 e. The summed E-state index contributed by atoms with van der Waals surface area (Å²) in [5.41, 5.74) is 2.63. The van der Waals surface area contributed by atoms with Gasteiger partial charge in [-0.05, 0) is 36.4 Å². The van der Waals surface area contributed by atoms with Crippen molar-refractivity contribution < 1.29 is 14.3 Å². The topological polar surface area (TPSA) is 65.7 Å². The van der Waals surface area contributed by atoms with E-state index < -0.39 is 5.97 Å². The molecule has 0 atom stereocenters. The molecule has 6 heteroatoms. The van der Waals surface area contributed by atoms with Gasteiger partial charge in [-0.2, -0.15) is 5.10 Å². The summed E-state index contributed by atoms with van der Waals surface area (Å²) in [6, 6.07) is 11.1. The van der Waals surface area contributed by atoms with Crippen molar-refractivity contribution >= 4 is 11.6 Å². The zero-order valence-corrected chi connectivity index (χ0v) is 11.6. The SMILES string of the molecule is COC(=O)c1ccc(-c2ccc(OC)cc2)n2ncnc12. The number of fused-ring (bicyclic) bond motifs is 1. The van der Waals surface area contributed by atoms with Gasteiger partial charge >= 0.3 is 5.97 Å². The van der Waals surface area contributed by atoms with Gasteiger partial charge in [0, 0.05) is 5.56 Å². The zero-order chi connectivity index (χ0) is 14.8. The molecule has 0 aliphatic heterocycles. The molecule has 2 aromatic heterocycles. The first-order valence-electron chi connectivity index (χ1n) is 6.30. The Morgan fingerprint density at radius 1 is 1.10 bits per heavy atom. The number of hydrogen-bond donors (Lipinski definition) is 0. The summed E-state index contributed by atoms with van der Waals surface area (Å²) in [4.78, 5) is 15.9. The Hall–Kier alpha value is -2.89. The molecule has 0 aliphatic carbocycles. The number of carbonyl (C=O) groups excluding carboxylic acids is 1. The molecule has 6 nitrogen and oxygen atoms in total. The van der Waals surface area contributed by atoms with Crippen LogP contribution in [-0.2, 0) is 4.74 Å². The van der Waals surface area contributed by atoms with E-state index >= 15 is 0 Å². The number of esters is 1. The van der Waals surface area contributed by atoms with Crippen LogP contribution < -0.4 is 4.74 Å². The fraction of sp³-hybridized carbons (Fsp3) is 0.133. The minimum atomic E-state index is -0.436. The van der Waals surface area contributed by atoms with E-state index in [0.717, 1.165) is 17.0 Å². The van der Waals surface area contributed by atoms with Crippen LogP contribution in [0.15, 0.2) is 42.7 Å². The molecule has 0 saturated heterocycles. The summed E-state index contributed by atoms with van der Waals surface area (Å²) in [5.74, 6) is 0.342. The maximum absolute atomic E-state index is 11.7. The second kappa shape index (κ2) is 5.24. The number of methoxy groups -OCH3 is 2. The van der Waals surface area contributed by atoms with Gasteiger partial charge in [-0.15, -0.1) is 0 Å². The van der Waals surface area contributed by atoms with Crippen LogP contribution in [0.4, 0.5) is 0 Å². The molecule has 0 amide bonds. The largest absolute Gasteiger partial charge is 0.497 e. The second-order valence-electron chi connectivity index (χ2n) is 4.35. The molecule has 21 heavy (non-hydrogen) atoms. The van der Waals surface area contributed by atoms with E-state index in [0.29, 0.717) is 11.2 Å². The van der Waals surface area contributed by atoms with E-state index in [2.05, 4.69) is 10.1 Å². The minimum absolute atomic E-state index is 0.382. The zero-order valence-electron chi connectivity index (χ0n) is 11.6. The Kier molecular flexibility index (Phi) is 3.27. The predicted octanol–water partition coefficient (Wildman–Crippen LogP) is 2.19. The van der Waals surface area contributed by atoms with Crippen LogP contribution in [0, 0.1) is 0 Å². The van der Waals surface area contributed by atoms with Crippen LogP contribution in [0.1, 0.15) is 10.4 Å². The Balaban J connectivity index is 2.15. The van der Waals surface area contributed by atoms with Gasteiger partial charge in [-0.25, -0.2) is 14.3 Å². The van der Waals surface area contributed by atoms with Crippen LogP contribution >= 0.6 is 0 Å². The van der Waals surface area contributed by atoms with Gasteiger partial charge in [-0.3, -0.25) is 0 Å². The third-order valence-electron chi connectivity index (χ3n) is 3.22. The molecule has 106 valence electrons. The molecule has 3 aromatic rings. The summed E-state index contributed by atoms with van der Waals surface area (Å²) in [6.07, 6.45) is 1.41. The lowest BCUT2D eigenvalue weighted by atomic mass is 10.1. The fourth-order valence-corrected chi connectivity index (χ4v) is 2.16. The minimum Gasteiger partial charge on any atom is -0.497 e. The van der Waals surface area contributed by atoms with Crippen molar-refractivity contribution in [2.75, 3.05) is 14.2 Å². The Labute approximate surface area is 120 Å². The third kappa shape index (κ3) is 2.20. The van der Waals surface area contributed by atoms with Crippen molar-refractivity contribution in [2.24, 2.45) is 0 Å². The van der Waals surface area contributed by atoms with E-state index in [4.69, 9.17) is 9.47 Å². The standard InChI is InChI=1S/C15H13N3O3/c1-20-11-5-3-10(4-6-11)13-8-7-12(15(19)21-2)14-16-9-17-18(13)14/h3-9H,1-2H3. The lowest BCUT2D eigenvalue weighted by Crippen LogP contribution is -2.06. The lowest BCUT2D eigenvalue weighted by Gasteiger charge is -2.08. The van der Waals surface area contributed by atoms with E-state index in [1.165, 1.54) is 13.4 Å². The predicted molar refractivity (Wildman–Crippen MR) is 76.3 cm³/mol. The number of aromatic nitrogens is 3. The highest BCUT2D eigenvalue weighted by Crippen LogP contribution is 2.24. The number of benzene rings is 1. The Morgan fingerprint density at radius 3 is 2.52 bits per heavy atom. The highest BCUT2D eigenvalue weighted by Gasteiger charge is 2.15. The average molecular weight is 283 g/mol. The number of ether oxygens (including phenoxy) is 2. The van der Waals surface area contributed by atoms with Gasteiger partial charge < -0.3 is 9.47 Å². The van der Waals surface area contributed by atoms with E-state index in [1.807, 2.05) is 30.3 Å². The summed E-state index contributed by atoms with van der Waals surface area (Å²) in [6.45, 7) is 0. The monoisotopic (exact) mass is 283 g/mol. The normalized spacial score (nSPS) is 10.6. The first kappa shape index (κ1) is 13.1. The molecule has 3 rings (SSSR count). The first-order valence-corrected chi connectivity index (χ1v) is 6.30. The van der Waals surface area contributed by atoms with Gasteiger partial charge in [0.2, 0.25) is 0 Å². The molecular formula is C15H13N3O3. The van der Waals surface area contributed by atoms with Gasteiger partial charge in [0.1, 0.15) is 17.6 Å². The third-order valence-corrected chi connectivity index (χ3v) is 3.22. The number of carbonyl (C=O) groups is 1. The van der Waals surface area contributed by atoms with Crippen molar-refractivity contribution in [1.82, 2.24) is 14.6 Å². The average Bonchev–Trinajstić information content (AvgIpc) is 3.03. The van der Waals surface area contributed by atoms with Crippen molar-refractivity contribution in [3.05, 3.63) is 48.3 Å². The highest BCUT2D eigenvalue weighted by atomic mass is 16.5. The van der Waals surface area contributed by atoms with Crippen molar-refractivity contribution in [3.8, 4) is 17.0 Å². The summed E-state index contributed by atoms with van der Waals surface area (Å²) < 4.78 is 11.5. The van der Waals surface area contributed by atoms with Crippen LogP contribution in [0.2, 0.25) is 0 Å². The molecule has 2 heterocycles. The quantitative estimate of drug-likeness (QED) is 0.689. The lowest BCUT2D eigenvalue weighted by molar-refractivity contribution is 0.0602. The van der Waals surface area contributed by atoms with Crippen LogP contribution in [0.3, 0.4) is 0 Å². The molecule has 0 saturated carbocycles. The number of rotatable bonds is 3. The van der Waals surface area contributed by atoms with Crippen molar-refractivity contribution in [1.29, 1.82) is 0 Å². The van der Waals surface area contributed by atoms with E-state index in [9.17, 15) is 4.79 Å². The van der Waals surface area contributed by atoms with Gasteiger partial charge in [0.05, 0.1) is 19.9 Å². The van der Waals surface area contributed by atoms with Crippen LogP contribution in [0.25, 0.3) is 16.9 Å². The van der Waals surface area contributed by atoms with E-state index in [-0.39, 0.29) is 0 Å². The van der Waals surface area contributed by atoms with Crippen LogP contribution in [0.5, 0.6) is 5.75 Å². The van der Waals surface area contributed by atoms with Crippen molar-refractivity contribution in [2.45, 2.75) is 0 Å².